The molecule has 0 aliphatic carbocycles. The highest BCUT2D eigenvalue weighted by atomic mass is 32.1. The average Bonchev–Trinajstić information content (AvgIpc) is 2.96. The minimum atomic E-state index is -0.270. The Morgan fingerprint density at radius 1 is 1.32 bits per heavy atom. The highest BCUT2D eigenvalue weighted by Crippen LogP contribution is 2.26. The van der Waals surface area contributed by atoms with Crippen molar-refractivity contribution in [1.82, 2.24) is 10.3 Å². The van der Waals surface area contributed by atoms with Gasteiger partial charge in [-0.2, -0.15) is 0 Å². The molecule has 0 unspecified atom stereocenters. The molecule has 0 spiro atoms. The van der Waals surface area contributed by atoms with Gasteiger partial charge in [0.1, 0.15) is 0 Å². The van der Waals surface area contributed by atoms with Crippen molar-refractivity contribution in [2.75, 3.05) is 25.6 Å². The molecule has 0 fully saturated rings. The first kappa shape index (κ1) is 16.5. The summed E-state index contributed by atoms with van der Waals surface area (Å²) in [5.74, 6) is 0.512. The van der Waals surface area contributed by atoms with Crippen molar-refractivity contribution < 1.29 is 9.53 Å². The number of hydrogen-bond donors (Lipinski definition) is 2. The highest BCUT2D eigenvalue weighted by molar-refractivity contribution is 7.14. The molecule has 2 N–H and O–H groups in total. The van der Waals surface area contributed by atoms with Crippen molar-refractivity contribution in [2.45, 2.75) is 19.8 Å². The first-order valence-corrected chi connectivity index (χ1v) is 8.07. The van der Waals surface area contributed by atoms with Gasteiger partial charge in [-0.25, -0.2) is 9.78 Å². The number of thiazole rings is 1. The zero-order valence-corrected chi connectivity index (χ0v) is 13.9. The number of benzene rings is 1. The second kappa shape index (κ2) is 7.91. The van der Waals surface area contributed by atoms with E-state index in [-0.39, 0.29) is 6.03 Å². The van der Waals surface area contributed by atoms with Crippen LogP contribution in [-0.4, -0.2) is 31.3 Å². The summed E-state index contributed by atoms with van der Waals surface area (Å²) < 4.78 is 4.88. The Morgan fingerprint density at radius 3 is 2.68 bits per heavy atom. The molecule has 0 saturated carbocycles. The van der Waals surface area contributed by atoms with Gasteiger partial charge in [0, 0.05) is 24.6 Å². The summed E-state index contributed by atoms with van der Waals surface area (Å²) in [5.41, 5.74) is 3.22. The monoisotopic (exact) mass is 319 g/mol. The second-order valence-corrected chi connectivity index (χ2v) is 6.05. The van der Waals surface area contributed by atoms with Gasteiger partial charge in [0.2, 0.25) is 0 Å². The number of nitrogens with zero attached hydrogens (tertiary/aromatic N) is 1. The largest absolute Gasteiger partial charge is 0.383 e. The maximum atomic E-state index is 11.6. The first-order chi connectivity index (χ1) is 10.6. The van der Waals surface area contributed by atoms with Gasteiger partial charge >= 0.3 is 6.03 Å². The van der Waals surface area contributed by atoms with E-state index in [4.69, 9.17) is 4.74 Å². The summed E-state index contributed by atoms with van der Waals surface area (Å²) in [6.45, 7) is 5.29. The molecular weight excluding hydrogens is 298 g/mol. The zero-order valence-electron chi connectivity index (χ0n) is 13.1. The normalized spacial score (nSPS) is 10.7. The van der Waals surface area contributed by atoms with E-state index in [9.17, 15) is 4.79 Å². The van der Waals surface area contributed by atoms with Crippen LogP contribution < -0.4 is 10.6 Å². The molecule has 2 amide bonds. The fourth-order valence-corrected chi connectivity index (χ4v) is 2.63. The molecule has 5 nitrogen and oxygen atoms in total. The predicted octanol–water partition coefficient (Wildman–Crippen LogP) is 3.70. The Morgan fingerprint density at radius 2 is 2.05 bits per heavy atom. The number of carbonyl (C=O) groups excluding carboxylic acids is 1. The lowest BCUT2D eigenvalue weighted by Gasteiger charge is -2.05. The zero-order chi connectivity index (χ0) is 15.9. The first-order valence-electron chi connectivity index (χ1n) is 7.20. The van der Waals surface area contributed by atoms with E-state index in [1.165, 1.54) is 16.9 Å². The molecule has 1 aromatic heterocycles. The number of rotatable bonds is 6. The van der Waals surface area contributed by atoms with Gasteiger partial charge in [0.25, 0.3) is 0 Å². The van der Waals surface area contributed by atoms with Crippen LogP contribution in [-0.2, 0) is 4.74 Å². The smallest absolute Gasteiger partial charge is 0.321 e. The van der Waals surface area contributed by atoms with E-state index in [0.717, 1.165) is 11.3 Å². The number of urea groups is 1. The second-order valence-electron chi connectivity index (χ2n) is 5.19. The van der Waals surface area contributed by atoms with Crippen LogP contribution in [0.5, 0.6) is 0 Å². The SMILES string of the molecule is COCCNC(=O)Nc1nc(-c2ccc(C(C)C)cc2)cs1. The molecule has 2 rings (SSSR count). The van der Waals surface area contributed by atoms with Crippen LogP contribution in [0.15, 0.2) is 29.6 Å². The quantitative estimate of drug-likeness (QED) is 0.798. The Kier molecular flexibility index (Phi) is 5.91. The van der Waals surface area contributed by atoms with Crippen LogP contribution in [0.3, 0.4) is 0 Å². The van der Waals surface area contributed by atoms with Crippen LogP contribution in [0.25, 0.3) is 11.3 Å². The number of amides is 2. The van der Waals surface area contributed by atoms with Crippen LogP contribution >= 0.6 is 11.3 Å². The van der Waals surface area contributed by atoms with E-state index in [1.54, 1.807) is 7.11 Å². The Bertz CT molecular complexity index is 608. The molecule has 1 aromatic carbocycles. The molecule has 1 heterocycles. The standard InChI is InChI=1S/C16H21N3O2S/c1-11(2)12-4-6-13(7-5-12)14-10-22-16(18-14)19-15(20)17-8-9-21-3/h4-7,10-11H,8-9H2,1-3H3,(H2,17,18,19,20). The summed E-state index contributed by atoms with van der Waals surface area (Å²) in [5, 5.41) is 7.94. The molecule has 0 aliphatic rings. The number of hydrogen-bond acceptors (Lipinski definition) is 4. The van der Waals surface area contributed by atoms with E-state index < -0.39 is 0 Å². The maximum absolute atomic E-state index is 11.6. The minimum Gasteiger partial charge on any atom is -0.383 e. The van der Waals surface area contributed by atoms with Crippen LogP contribution in [0, 0.1) is 0 Å². The fraction of sp³-hybridized carbons (Fsp3) is 0.375. The van der Waals surface area contributed by atoms with Crippen molar-refractivity contribution in [3.05, 3.63) is 35.2 Å². The summed E-state index contributed by atoms with van der Waals surface area (Å²) in [6, 6.07) is 8.08. The molecule has 6 heteroatoms. The van der Waals surface area contributed by atoms with Gasteiger partial charge in [-0.05, 0) is 11.5 Å². The van der Waals surface area contributed by atoms with Crippen molar-refractivity contribution in [1.29, 1.82) is 0 Å². The average molecular weight is 319 g/mol. The third-order valence-corrected chi connectivity index (χ3v) is 3.95. The minimum absolute atomic E-state index is 0.270. The van der Waals surface area contributed by atoms with E-state index >= 15 is 0 Å². The fourth-order valence-electron chi connectivity index (χ4n) is 1.91. The topological polar surface area (TPSA) is 63.2 Å². The maximum Gasteiger partial charge on any atom is 0.321 e. The summed E-state index contributed by atoms with van der Waals surface area (Å²) in [7, 11) is 1.59. The molecule has 0 atom stereocenters. The summed E-state index contributed by atoms with van der Waals surface area (Å²) in [4.78, 5) is 16.1. The van der Waals surface area contributed by atoms with E-state index in [0.29, 0.717) is 24.2 Å². The number of carbonyl (C=O) groups is 1. The van der Waals surface area contributed by atoms with Crippen molar-refractivity contribution in [3.63, 3.8) is 0 Å². The van der Waals surface area contributed by atoms with Gasteiger partial charge in [-0.3, -0.25) is 5.32 Å². The van der Waals surface area contributed by atoms with Gasteiger partial charge in [0.05, 0.1) is 12.3 Å². The molecule has 2 aromatic rings. The Labute approximate surface area is 134 Å². The number of methoxy groups -OCH3 is 1. The number of nitrogens with one attached hydrogen (secondary N) is 2. The lowest BCUT2D eigenvalue weighted by molar-refractivity contribution is 0.198. The van der Waals surface area contributed by atoms with Crippen molar-refractivity contribution in [3.8, 4) is 11.3 Å². The highest BCUT2D eigenvalue weighted by Gasteiger charge is 2.08. The third kappa shape index (κ3) is 4.54. The summed E-state index contributed by atoms with van der Waals surface area (Å²) in [6.07, 6.45) is 0. The van der Waals surface area contributed by atoms with E-state index in [2.05, 4.69) is 53.7 Å². The molecular formula is C16H21N3O2S. The van der Waals surface area contributed by atoms with Crippen LogP contribution in [0.2, 0.25) is 0 Å². The third-order valence-electron chi connectivity index (χ3n) is 3.19. The Hall–Kier alpha value is -1.92. The Balaban J connectivity index is 1.97. The molecule has 0 bridgehead atoms. The van der Waals surface area contributed by atoms with Gasteiger partial charge in [0.15, 0.2) is 5.13 Å². The number of aromatic nitrogens is 1. The van der Waals surface area contributed by atoms with Gasteiger partial charge < -0.3 is 10.1 Å². The van der Waals surface area contributed by atoms with Crippen molar-refractivity contribution >= 4 is 22.5 Å². The van der Waals surface area contributed by atoms with Crippen LogP contribution in [0.4, 0.5) is 9.93 Å². The number of anilines is 1. The molecule has 22 heavy (non-hydrogen) atoms. The molecule has 118 valence electrons. The van der Waals surface area contributed by atoms with Crippen LogP contribution in [0.1, 0.15) is 25.3 Å². The van der Waals surface area contributed by atoms with Crippen molar-refractivity contribution in [2.24, 2.45) is 0 Å². The lowest BCUT2D eigenvalue weighted by Crippen LogP contribution is -2.31. The molecule has 0 radical (unpaired) electrons. The lowest BCUT2D eigenvalue weighted by atomic mass is 10.0. The predicted molar refractivity (Wildman–Crippen MR) is 90.5 cm³/mol. The van der Waals surface area contributed by atoms with E-state index in [1.807, 2.05) is 5.38 Å². The van der Waals surface area contributed by atoms with Gasteiger partial charge in [-0.1, -0.05) is 38.1 Å². The summed E-state index contributed by atoms with van der Waals surface area (Å²) >= 11 is 1.41. The molecule has 0 saturated heterocycles. The van der Waals surface area contributed by atoms with Gasteiger partial charge in [-0.15, -0.1) is 11.3 Å². The number of ether oxygens (including phenoxy) is 1. The molecule has 0 aliphatic heterocycles.